The molecule has 112 valence electrons. The van der Waals surface area contributed by atoms with Crippen molar-refractivity contribution in [3.63, 3.8) is 0 Å². The summed E-state index contributed by atoms with van der Waals surface area (Å²) in [6, 6.07) is 4.61. The topological polar surface area (TPSA) is 61.4 Å². The van der Waals surface area contributed by atoms with Crippen LogP contribution in [0.2, 0.25) is 5.02 Å². The number of hydrogen-bond acceptors (Lipinski definition) is 4. The fourth-order valence-electron chi connectivity index (χ4n) is 2.00. The molecule has 2 N–H and O–H groups in total. The van der Waals surface area contributed by atoms with Crippen molar-refractivity contribution >= 4 is 37.6 Å². The Morgan fingerprint density at radius 3 is 2.70 bits per heavy atom. The van der Waals surface area contributed by atoms with Gasteiger partial charge in [0.15, 0.2) is 0 Å². The summed E-state index contributed by atoms with van der Waals surface area (Å²) >= 11 is 9.16. The molecule has 0 atom stereocenters. The monoisotopic (exact) mass is 381 g/mol. The lowest BCUT2D eigenvalue weighted by molar-refractivity contribution is 0.245. The average Bonchev–Trinajstić information content (AvgIpc) is 2.43. The van der Waals surface area contributed by atoms with Gasteiger partial charge in [-0.2, -0.15) is 0 Å². The minimum absolute atomic E-state index is 0.186. The van der Waals surface area contributed by atoms with Crippen molar-refractivity contribution in [2.45, 2.75) is 4.90 Å². The van der Waals surface area contributed by atoms with Gasteiger partial charge < -0.3 is 5.32 Å². The fraction of sp³-hybridized carbons (Fsp3) is 0.500. The number of halogens is 2. The SMILES string of the molecule is O=S(=O)(NCCN1CCNCC1)c1ccc(Br)c(Cl)c1. The predicted molar refractivity (Wildman–Crippen MR) is 83.7 cm³/mol. The molecule has 0 bridgehead atoms. The largest absolute Gasteiger partial charge is 0.314 e. The predicted octanol–water partition coefficient (Wildman–Crippen LogP) is 1.29. The van der Waals surface area contributed by atoms with Crippen molar-refractivity contribution in [2.24, 2.45) is 0 Å². The van der Waals surface area contributed by atoms with Crippen molar-refractivity contribution in [1.29, 1.82) is 0 Å². The van der Waals surface area contributed by atoms with Crippen LogP contribution in [0.4, 0.5) is 0 Å². The third kappa shape index (κ3) is 4.41. The lowest BCUT2D eigenvalue weighted by Gasteiger charge is -2.27. The van der Waals surface area contributed by atoms with Crippen LogP contribution in [0.1, 0.15) is 0 Å². The first kappa shape index (κ1) is 16.2. The molecule has 1 saturated heterocycles. The lowest BCUT2D eigenvalue weighted by Crippen LogP contribution is -2.46. The summed E-state index contributed by atoms with van der Waals surface area (Å²) in [5.41, 5.74) is 0. The van der Waals surface area contributed by atoms with Gasteiger partial charge in [0.2, 0.25) is 10.0 Å². The molecule has 1 heterocycles. The molecule has 0 radical (unpaired) electrons. The third-order valence-corrected chi connectivity index (χ3v) is 5.82. The summed E-state index contributed by atoms with van der Waals surface area (Å²) in [5, 5.41) is 3.64. The summed E-state index contributed by atoms with van der Waals surface area (Å²) in [7, 11) is -3.50. The van der Waals surface area contributed by atoms with Crippen molar-refractivity contribution in [3.8, 4) is 0 Å². The van der Waals surface area contributed by atoms with Crippen LogP contribution in [0, 0.1) is 0 Å². The van der Waals surface area contributed by atoms with E-state index in [4.69, 9.17) is 11.6 Å². The van der Waals surface area contributed by atoms with Gasteiger partial charge in [0, 0.05) is 43.7 Å². The number of piperazine rings is 1. The van der Waals surface area contributed by atoms with Crippen LogP contribution in [-0.2, 0) is 10.0 Å². The highest BCUT2D eigenvalue weighted by Crippen LogP contribution is 2.25. The van der Waals surface area contributed by atoms with Crippen molar-refractivity contribution in [1.82, 2.24) is 14.9 Å². The van der Waals surface area contributed by atoms with Crippen LogP contribution < -0.4 is 10.0 Å². The highest BCUT2D eigenvalue weighted by Gasteiger charge is 2.16. The number of nitrogens with one attached hydrogen (secondary N) is 2. The molecule has 0 aromatic heterocycles. The number of nitrogens with zero attached hydrogens (tertiary/aromatic N) is 1. The molecule has 0 spiro atoms. The molecule has 0 saturated carbocycles. The maximum atomic E-state index is 12.1. The molecule has 5 nitrogen and oxygen atoms in total. The summed E-state index contributed by atoms with van der Waals surface area (Å²) in [5.74, 6) is 0. The zero-order valence-electron chi connectivity index (χ0n) is 10.9. The Morgan fingerprint density at radius 1 is 1.35 bits per heavy atom. The van der Waals surface area contributed by atoms with Crippen molar-refractivity contribution < 1.29 is 8.42 Å². The normalized spacial score (nSPS) is 17.3. The minimum Gasteiger partial charge on any atom is -0.314 e. The van der Waals surface area contributed by atoms with Gasteiger partial charge in [-0.25, -0.2) is 13.1 Å². The van der Waals surface area contributed by atoms with Crippen LogP contribution in [0.5, 0.6) is 0 Å². The van der Waals surface area contributed by atoms with Crippen LogP contribution in [0.15, 0.2) is 27.6 Å². The minimum atomic E-state index is -3.50. The molecule has 1 aliphatic heterocycles. The zero-order chi connectivity index (χ0) is 14.6. The first-order chi connectivity index (χ1) is 9.49. The van der Waals surface area contributed by atoms with Gasteiger partial charge in [-0.15, -0.1) is 0 Å². The van der Waals surface area contributed by atoms with Gasteiger partial charge in [0.05, 0.1) is 9.92 Å². The molecule has 8 heteroatoms. The Kier molecular flexibility index (Phi) is 5.83. The molecule has 0 unspecified atom stereocenters. The van der Waals surface area contributed by atoms with E-state index in [1.54, 1.807) is 6.07 Å². The average molecular weight is 383 g/mol. The van der Waals surface area contributed by atoms with E-state index >= 15 is 0 Å². The zero-order valence-corrected chi connectivity index (χ0v) is 14.1. The molecular weight excluding hydrogens is 366 g/mol. The molecule has 1 fully saturated rings. The van der Waals surface area contributed by atoms with Gasteiger partial charge in [0.1, 0.15) is 0 Å². The highest BCUT2D eigenvalue weighted by molar-refractivity contribution is 9.10. The summed E-state index contributed by atoms with van der Waals surface area (Å²) in [6.07, 6.45) is 0. The highest BCUT2D eigenvalue weighted by atomic mass is 79.9. The van der Waals surface area contributed by atoms with E-state index in [0.29, 0.717) is 22.6 Å². The molecule has 0 aliphatic carbocycles. The van der Waals surface area contributed by atoms with Gasteiger partial charge in [-0.05, 0) is 34.1 Å². The summed E-state index contributed by atoms with van der Waals surface area (Å²) in [4.78, 5) is 2.42. The standard InChI is InChI=1S/C12H17BrClN3O2S/c13-11-2-1-10(9-12(11)14)20(18,19)16-5-8-17-6-3-15-4-7-17/h1-2,9,15-16H,3-8H2. The van der Waals surface area contributed by atoms with E-state index in [1.807, 2.05) is 0 Å². The molecule has 1 aromatic rings. The molecule has 0 amide bonds. The van der Waals surface area contributed by atoms with E-state index in [9.17, 15) is 8.42 Å². The Bertz CT molecular complexity index is 562. The Balaban J connectivity index is 1.91. The quantitative estimate of drug-likeness (QED) is 0.805. The smallest absolute Gasteiger partial charge is 0.240 e. The van der Waals surface area contributed by atoms with Crippen LogP contribution in [0.25, 0.3) is 0 Å². The van der Waals surface area contributed by atoms with Crippen LogP contribution >= 0.6 is 27.5 Å². The molecule has 20 heavy (non-hydrogen) atoms. The second-order valence-corrected chi connectivity index (χ2v) is 7.59. The molecule has 1 aliphatic rings. The van der Waals surface area contributed by atoms with E-state index in [2.05, 4.69) is 30.9 Å². The lowest BCUT2D eigenvalue weighted by atomic mass is 10.3. The van der Waals surface area contributed by atoms with Crippen LogP contribution in [-0.4, -0.2) is 52.6 Å². The number of hydrogen-bond donors (Lipinski definition) is 2. The third-order valence-electron chi connectivity index (χ3n) is 3.13. The Morgan fingerprint density at radius 2 is 2.05 bits per heavy atom. The molecule has 2 rings (SSSR count). The number of benzene rings is 1. The molecule has 1 aromatic carbocycles. The maximum absolute atomic E-state index is 12.1. The summed E-state index contributed by atoms with van der Waals surface area (Å²) < 4.78 is 27.5. The summed E-state index contributed by atoms with van der Waals surface area (Å²) in [6.45, 7) is 4.92. The van der Waals surface area contributed by atoms with Crippen molar-refractivity contribution in [3.05, 3.63) is 27.7 Å². The Labute approximate surface area is 132 Å². The van der Waals surface area contributed by atoms with Gasteiger partial charge in [-0.3, -0.25) is 4.90 Å². The number of rotatable bonds is 5. The van der Waals surface area contributed by atoms with E-state index in [0.717, 1.165) is 26.2 Å². The number of sulfonamides is 1. The molecular formula is C12H17BrClN3O2S. The van der Waals surface area contributed by atoms with Gasteiger partial charge >= 0.3 is 0 Å². The van der Waals surface area contributed by atoms with Gasteiger partial charge in [0.25, 0.3) is 0 Å². The second-order valence-electron chi connectivity index (χ2n) is 4.57. The van der Waals surface area contributed by atoms with Gasteiger partial charge in [-0.1, -0.05) is 11.6 Å². The van der Waals surface area contributed by atoms with Crippen molar-refractivity contribution in [2.75, 3.05) is 39.3 Å². The first-order valence-corrected chi connectivity index (χ1v) is 9.02. The van der Waals surface area contributed by atoms with E-state index in [-0.39, 0.29) is 4.90 Å². The maximum Gasteiger partial charge on any atom is 0.240 e. The second kappa shape index (κ2) is 7.20. The van der Waals surface area contributed by atoms with Crippen LogP contribution in [0.3, 0.4) is 0 Å². The van der Waals surface area contributed by atoms with E-state index in [1.165, 1.54) is 12.1 Å². The Hall–Kier alpha value is -0.180. The van der Waals surface area contributed by atoms with E-state index < -0.39 is 10.0 Å². The fourth-order valence-corrected chi connectivity index (χ4v) is 3.54. The first-order valence-electron chi connectivity index (χ1n) is 6.37.